The number of hydrogen-bond donors (Lipinski definition) is 2. The molecule has 0 saturated heterocycles. The van der Waals surface area contributed by atoms with Crippen LogP contribution in [0.2, 0.25) is 0 Å². The van der Waals surface area contributed by atoms with Gasteiger partial charge >= 0.3 is 0 Å². The summed E-state index contributed by atoms with van der Waals surface area (Å²) in [6, 6.07) is 10.2. The molecule has 0 aliphatic carbocycles. The summed E-state index contributed by atoms with van der Waals surface area (Å²) in [5, 5.41) is 5.47. The van der Waals surface area contributed by atoms with Gasteiger partial charge in [0.15, 0.2) is 11.5 Å². The molecule has 1 heterocycles. The summed E-state index contributed by atoms with van der Waals surface area (Å²) in [5.41, 5.74) is 1.58. The molecule has 0 fully saturated rings. The summed E-state index contributed by atoms with van der Waals surface area (Å²) in [6.07, 6.45) is 0. The van der Waals surface area contributed by atoms with Gasteiger partial charge in [0, 0.05) is 34.8 Å². The molecule has 1 aliphatic rings. The lowest BCUT2D eigenvalue weighted by atomic mass is 10.1. The van der Waals surface area contributed by atoms with Gasteiger partial charge in [-0.2, -0.15) is 0 Å². The van der Waals surface area contributed by atoms with Crippen molar-refractivity contribution in [1.29, 1.82) is 0 Å². The van der Waals surface area contributed by atoms with Crippen LogP contribution in [-0.4, -0.2) is 25.0 Å². The van der Waals surface area contributed by atoms with Crippen molar-refractivity contribution in [3.63, 3.8) is 0 Å². The van der Waals surface area contributed by atoms with E-state index in [4.69, 9.17) is 9.47 Å². The first-order valence-electron chi connectivity index (χ1n) is 7.31. The van der Waals surface area contributed by atoms with Gasteiger partial charge in [-0.25, -0.2) is 0 Å². The molecule has 3 rings (SSSR count). The maximum absolute atomic E-state index is 12.5. The van der Waals surface area contributed by atoms with E-state index in [0.717, 1.165) is 0 Å². The number of amides is 2. The minimum Gasteiger partial charge on any atom is -0.486 e. The zero-order valence-electron chi connectivity index (χ0n) is 12.9. The van der Waals surface area contributed by atoms with Crippen molar-refractivity contribution in [3.05, 3.63) is 46.4 Å². The molecule has 7 heteroatoms. The second-order valence-corrected chi connectivity index (χ2v) is 6.05. The second-order valence-electron chi connectivity index (χ2n) is 5.19. The van der Waals surface area contributed by atoms with Crippen LogP contribution in [0.5, 0.6) is 11.5 Å². The zero-order chi connectivity index (χ0) is 17.1. The maximum atomic E-state index is 12.5. The summed E-state index contributed by atoms with van der Waals surface area (Å²) < 4.78 is 11.7. The molecule has 124 valence electrons. The molecule has 0 aromatic heterocycles. The molecule has 1 aliphatic heterocycles. The number of anilines is 2. The molecular weight excluding hydrogens is 376 g/mol. The molecule has 6 nitrogen and oxygen atoms in total. The number of carbonyl (C=O) groups excluding carboxylic acids is 2. The highest BCUT2D eigenvalue weighted by atomic mass is 79.9. The first kappa shape index (κ1) is 16.3. The van der Waals surface area contributed by atoms with Crippen molar-refractivity contribution in [3.8, 4) is 11.5 Å². The van der Waals surface area contributed by atoms with E-state index in [1.807, 2.05) is 0 Å². The Morgan fingerprint density at radius 2 is 1.75 bits per heavy atom. The van der Waals surface area contributed by atoms with Crippen LogP contribution in [-0.2, 0) is 4.79 Å². The molecule has 24 heavy (non-hydrogen) atoms. The van der Waals surface area contributed by atoms with Crippen molar-refractivity contribution < 1.29 is 19.1 Å². The van der Waals surface area contributed by atoms with Crippen molar-refractivity contribution >= 4 is 39.1 Å². The lowest BCUT2D eigenvalue weighted by molar-refractivity contribution is -0.114. The van der Waals surface area contributed by atoms with Gasteiger partial charge in [-0.3, -0.25) is 9.59 Å². The zero-order valence-corrected chi connectivity index (χ0v) is 14.5. The maximum Gasteiger partial charge on any atom is 0.255 e. The Bertz CT molecular complexity index is 807. The van der Waals surface area contributed by atoms with Crippen molar-refractivity contribution in [2.45, 2.75) is 6.92 Å². The Labute approximate surface area is 147 Å². The van der Waals surface area contributed by atoms with E-state index in [0.29, 0.717) is 46.1 Å². The van der Waals surface area contributed by atoms with Crippen LogP contribution in [0.4, 0.5) is 11.4 Å². The summed E-state index contributed by atoms with van der Waals surface area (Å²) in [7, 11) is 0. The Balaban J connectivity index is 1.81. The van der Waals surface area contributed by atoms with Crippen LogP contribution in [0.3, 0.4) is 0 Å². The van der Waals surface area contributed by atoms with Crippen LogP contribution < -0.4 is 20.1 Å². The van der Waals surface area contributed by atoms with Crippen LogP contribution in [0.1, 0.15) is 17.3 Å². The molecule has 2 aromatic rings. The van der Waals surface area contributed by atoms with Crippen molar-refractivity contribution in [2.75, 3.05) is 23.8 Å². The summed E-state index contributed by atoms with van der Waals surface area (Å²) in [4.78, 5) is 23.6. The highest BCUT2D eigenvalue weighted by Crippen LogP contribution is 2.38. The predicted octanol–water partition coefficient (Wildman–Crippen LogP) is 3.43. The number of carbonyl (C=O) groups is 2. The summed E-state index contributed by atoms with van der Waals surface area (Å²) in [6.45, 7) is 2.39. The van der Waals surface area contributed by atoms with Gasteiger partial charge in [0.2, 0.25) is 5.91 Å². The fourth-order valence-corrected chi connectivity index (χ4v) is 2.72. The molecule has 0 radical (unpaired) electrons. The quantitative estimate of drug-likeness (QED) is 0.841. The standard InChI is InChI=1S/C17H15BrN2O4/c1-10(21)19-12-4-2-3-11(7-12)17(22)20-14-9-16-15(8-13(14)18)23-5-6-24-16/h2-4,7-9H,5-6H2,1H3,(H,19,21)(H,20,22). The number of ether oxygens (including phenoxy) is 2. The number of nitrogens with one attached hydrogen (secondary N) is 2. The van der Waals surface area contributed by atoms with E-state index in [2.05, 4.69) is 26.6 Å². The van der Waals surface area contributed by atoms with E-state index in [1.54, 1.807) is 36.4 Å². The van der Waals surface area contributed by atoms with Crippen molar-refractivity contribution in [1.82, 2.24) is 0 Å². The first-order valence-corrected chi connectivity index (χ1v) is 8.10. The van der Waals surface area contributed by atoms with Gasteiger partial charge in [-0.05, 0) is 34.1 Å². The molecule has 2 N–H and O–H groups in total. The van der Waals surface area contributed by atoms with Gasteiger partial charge in [-0.1, -0.05) is 6.07 Å². The fraction of sp³-hybridized carbons (Fsp3) is 0.176. The summed E-state index contributed by atoms with van der Waals surface area (Å²) >= 11 is 3.42. The molecule has 2 amide bonds. The highest BCUT2D eigenvalue weighted by Gasteiger charge is 2.17. The largest absolute Gasteiger partial charge is 0.486 e. The molecule has 0 bridgehead atoms. The number of benzene rings is 2. The van der Waals surface area contributed by atoms with Crippen LogP contribution >= 0.6 is 15.9 Å². The minimum absolute atomic E-state index is 0.192. The summed E-state index contributed by atoms with van der Waals surface area (Å²) in [5.74, 6) is 0.743. The number of hydrogen-bond acceptors (Lipinski definition) is 4. The Morgan fingerprint density at radius 3 is 2.46 bits per heavy atom. The third kappa shape index (κ3) is 3.68. The predicted molar refractivity (Wildman–Crippen MR) is 93.8 cm³/mol. The average molecular weight is 391 g/mol. The Morgan fingerprint density at radius 1 is 1.04 bits per heavy atom. The van der Waals surface area contributed by atoms with Crippen molar-refractivity contribution in [2.24, 2.45) is 0 Å². The molecule has 0 spiro atoms. The lowest BCUT2D eigenvalue weighted by Gasteiger charge is -2.20. The van der Waals surface area contributed by atoms with Gasteiger partial charge in [0.05, 0.1) is 5.69 Å². The Hall–Kier alpha value is -2.54. The smallest absolute Gasteiger partial charge is 0.255 e. The van der Waals surface area contributed by atoms with E-state index in [1.165, 1.54) is 6.92 Å². The lowest BCUT2D eigenvalue weighted by Crippen LogP contribution is -2.17. The van der Waals surface area contributed by atoms with Gasteiger partial charge in [0.1, 0.15) is 13.2 Å². The van der Waals surface area contributed by atoms with Gasteiger partial charge in [0.25, 0.3) is 5.91 Å². The molecule has 2 aromatic carbocycles. The average Bonchev–Trinajstić information content (AvgIpc) is 2.55. The third-order valence-electron chi connectivity index (χ3n) is 3.33. The minimum atomic E-state index is -0.292. The SMILES string of the molecule is CC(=O)Nc1cccc(C(=O)Nc2cc3c(cc2Br)OCCO3)c1. The Kier molecular flexibility index (Phi) is 4.71. The third-order valence-corrected chi connectivity index (χ3v) is 3.98. The van der Waals surface area contributed by atoms with Gasteiger partial charge in [-0.15, -0.1) is 0 Å². The highest BCUT2D eigenvalue weighted by molar-refractivity contribution is 9.10. The van der Waals surface area contributed by atoms with E-state index in [-0.39, 0.29) is 11.8 Å². The molecule has 0 atom stereocenters. The van der Waals surface area contributed by atoms with Crippen LogP contribution in [0.25, 0.3) is 0 Å². The van der Waals surface area contributed by atoms with E-state index < -0.39 is 0 Å². The topological polar surface area (TPSA) is 76.7 Å². The van der Waals surface area contributed by atoms with Crippen LogP contribution in [0.15, 0.2) is 40.9 Å². The van der Waals surface area contributed by atoms with E-state index in [9.17, 15) is 9.59 Å². The first-order chi connectivity index (χ1) is 11.5. The number of rotatable bonds is 3. The number of halogens is 1. The monoisotopic (exact) mass is 390 g/mol. The van der Waals surface area contributed by atoms with Crippen LogP contribution in [0, 0.1) is 0 Å². The number of fused-ring (bicyclic) bond motifs is 1. The molecule has 0 unspecified atom stereocenters. The second kappa shape index (κ2) is 6.92. The molecular formula is C17H15BrN2O4. The normalized spacial score (nSPS) is 12.4. The molecule has 0 saturated carbocycles. The van der Waals surface area contributed by atoms with Gasteiger partial charge < -0.3 is 20.1 Å². The fourth-order valence-electron chi connectivity index (χ4n) is 2.30. The van der Waals surface area contributed by atoms with E-state index >= 15 is 0 Å².